The van der Waals surface area contributed by atoms with Crippen LogP contribution in [0, 0.1) is 5.92 Å². The van der Waals surface area contributed by atoms with E-state index in [2.05, 4.69) is 10.2 Å². The average Bonchev–Trinajstić information content (AvgIpc) is 2.76. The Hall–Kier alpha value is -2.38. The largest absolute Gasteiger partial charge is 0.480 e. The highest BCUT2D eigenvalue weighted by molar-refractivity contribution is 6.35. The number of carbonyl (C=O) groups is 2. The summed E-state index contributed by atoms with van der Waals surface area (Å²) in [6.45, 7) is 2.90. The van der Waals surface area contributed by atoms with Crippen molar-refractivity contribution in [2.45, 2.75) is 38.5 Å². The predicted octanol–water partition coefficient (Wildman–Crippen LogP) is 4.00. The molecule has 0 bridgehead atoms. The van der Waals surface area contributed by atoms with Crippen molar-refractivity contribution in [2.75, 3.05) is 42.9 Å². The molecule has 2 fully saturated rings. The second-order valence-corrected chi connectivity index (χ2v) is 8.98. The van der Waals surface area contributed by atoms with Crippen LogP contribution in [0.5, 0.6) is 0 Å². The van der Waals surface area contributed by atoms with E-state index in [9.17, 15) is 9.59 Å². The van der Waals surface area contributed by atoms with Crippen LogP contribution in [0.1, 0.15) is 38.5 Å². The molecule has 2 aromatic rings. The Bertz CT molecular complexity index is 953. The third-order valence-corrected chi connectivity index (χ3v) is 6.64. The molecule has 1 saturated heterocycles. The smallest absolute Gasteiger partial charge is 0.317 e. The minimum atomic E-state index is -0.799. The molecule has 2 heterocycles. The fourth-order valence-corrected chi connectivity index (χ4v) is 4.85. The normalized spacial score (nSPS) is 18.3. The summed E-state index contributed by atoms with van der Waals surface area (Å²) in [5, 5.41) is 13.3. The Morgan fingerprint density at radius 3 is 2.52 bits per heavy atom. The molecule has 2 aliphatic rings. The summed E-state index contributed by atoms with van der Waals surface area (Å²) >= 11 is 6.43. The maximum Gasteiger partial charge on any atom is 0.317 e. The van der Waals surface area contributed by atoms with Gasteiger partial charge in [-0.15, -0.1) is 0 Å². The van der Waals surface area contributed by atoms with Gasteiger partial charge >= 0.3 is 5.97 Å². The quantitative estimate of drug-likeness (QED) is 0.700. The monoisotopic (exact) mass is 444 g/mol. The molecule has 2 N–H and O–H groups in total. The number of nitrogens with zero attached hydrogens (tertiary/aromatic N) is 3. The molecule has 1 aliphatic carbocycles. The lowest BCUT2D eigenvalue weighted by Gasteiger charge is -2.34. The fraction of sp³-hybridized carbons (Fsp3) is 0.522. The van der Waals surface area contributed by atoms with Crippen LogP contribution in [0.25, 0.3) is 10.9 Å². The van der Waals surface area contributed by atoms with Crippen LogP contribution in [-0.4, -0.2) is 59.6 Å². The summed E-state index contributed by atoms with van der Waals surface area (Å²) in [5.74, 6) is 0.531. The zero-order valence-corrected chi connectivity index (χ0v) is 18.4. The zero-order chi connectivity index (χ0) is 21.8. The number of fused-ring (bicyclic) bond motifs is 1. The second-order valence-electron chi connectivity index (χ2n) is 8.57. The van der Waals surface area contributed by atoms with Gasteiger partial charge in [-0.3, -0.25) is 14.5 Å². The number of carbonyl (C=O) groups excluding carboxylic acids is 1. The number of aromatic nitrogens is 1. The lowest BCUT2D eigenvalue weighted by molar-refractivity contribution is -0.138. The van der Waals surface area contributed by atoms with E-state index in [-0.39, 0.29) is 12.5 Å². The van der Waals surface area contributed by atoms with Crippen LogP contribution in [-0.2, 0) is 9.59 Å². The summed E-state index contributed by atoms with van der Waals surface area (Å²) < 4.78 is 0. The number of hydrogen-bond acceptors (Lipinski definition) is 5. The van der Waals surface area contributed by atoms with Gasteiger partial charge in [0.1, 0.15) is 5.82 Å². The number of hydrogen-bond donors (Lipinski definition) is 2. The van der Waals surface area contributed by atoms with Gasteiger partial charge in [-0.25, -0.2) is 4.98 Å². The standard InChI is InChI=1S/C23H29ClN4O3/c24-18-7-8-19-17(23(18)26-21(29)14-16-4-2-1-3-5-16)6-9-20(25-19)28-12-10-27(11-13-28)15-22(30)31/h6-9,16H,1-5,10-15H2,(H,26,29)(H,30,31). The molecule has 166 valence electrons. The van der Waals surface area contributed by atoms with Gasteiger partial charge in [-0.1, -0.05) is 30.9 Å². The van der Waals surface area contributed by atoms with E-state index in [1.165, 1.54) is 19.3 Å². The first-order valence-corrected chi connectivity index (χ1v) is 11.5. The zero-order valence-electron chi connectivity index (χ0n) is 17.6. The van der Waals surface area contributed by atoms with Gasteiger partial charge in [-0.2, -0.15) is 0 Å². The Labute approximate surface area is 187 Å². The van der Waals surface area contributed by atoms with Gasteiger partial charge in [0.15, 0.2) is 0 Å². The molecule has 0 spiro atoms. The lowest BCUT2D eigenvalue weighted by atomic mass is 9.87. The number of amides is 1. The van der Waals surface area contributed by atoms with Crippen molar-refractivity contribution in [1.29, 1.82) is 0 Å². The van der Waals surface area contributed by atoms with Crippen molar-refractivity contribution in [3.05, 3.63) is 29.3 Å². The van der Waals surface area contributed by atoms with Crippen molar-refractivity contribution in [2.24, 2.45) is 5.92 Å². The highest BCUT2D eigenvalue weighted by atomic mass is 35.5. The Morgan fingerprint density at radius 2 is 1.81 bits per heavy atom. The summed E-state index contributed by atoms with van der Waals surface area (Å²) in [6, 6.07) is 7.56. The Morgan fingerprint density at radius 1 is 1.06 bits per heavy atom. The number of halogens is 1. The molecule has 8 heteroatoms. The maximum absolute atomic E-state index is 12.7. The first-order chi connectivity index (χ1) is 15.0. The number of benzene rings is 1. The van der Waals surface area contributed by atoms with Crippen LogP contribution >= 0.6 is 11.6 Å². The Balaban J connectivity index is 1.46. The highest BCUT2D eigenvalue weighted by Crippen LogP contribution is 2.33. The van der Waals surface area contributed by atoms with Crippen molar-refractivity contribution in [3.8, 4) is 0 Å². The number of aliphatic carboxylic acids is 1. The van der Waals surface area contributed by atoms with Crippen LogP contribution in [0.15, 0.2) is 24.3 Å². The minimum Gasteiger partial charge on any atom is -0.480 e. The highest BCUT2D eigenvalue weighted by Gasteiger charge is 2.21. The number of carboxylic acid groups (broad SMARTS) is 1. The lowest BCUT2D eigenvalue weighted by Crippen LogP contribution is -2.48. The molecule has 0 unspecified atom stereocenters. The summed E-state index contributed by atoms with van der Waals surface area (Å²) in [5.41, 5.74) is 1.41. The molecule has 1 aromatic carbocycles. The second kappa shape index (κ2) is 9.83. The van der Waals surface area contributed by atoms with Crippen molar-refractivity contribution < 1.29 is 14.7 Å². The van der Waals surface area contributed by atoms with E-state index in [1.807, 2.05) is 23.1 Å². The number of carboxylic acids is 1. The van der Waals surface area contributed by atoms with E-state index in [0.29, 0.717) is 36.1 Å². The first-order valence-electron chi connectivity index (χ1n) is 11.1. The van der Waals surface area contributed by atoms with E-state index < -0.39 is 5.97 Å². The van der Waals surface area contributed by atoms with E-state index in [4.69, 9.17) is 21.7 Å². The van der Waals surface area contributed by atoms with Gasteiger partial charge in [0.2, 0.25) is 5.91 Å². The van der Waals surface area contributed by atoms with Gasteiger partial charge < -0.3 is 15.3 Å². The molecular formula is C23H29ClN4O3. The van der Waals surface area contributed by atoms with Gasteiger partial charge in [0.25, 0.3) is 0 Å². The molecule has 4 rings (SSSR count). The number of anilines is 2. The van der Waals surface area contributed by atoms with Gasteiger partial charge in [0.05, 0.1) is 22.8 Å². The molecule has 1 aromatic heterocycles. The molecule has 0 radical (unpaired) electrons. The van der Waals surface area contributed by atoms with Gasteiger partial charge in [-0.05, 0) is 43.0 Å². The molecular weight excluding hydrogens is 416 g/mol. The average molecular weight is 445 g/mol. The van der Waals surface area contributed by atoms with Crippen molar-refractivity contribution >= 4 is 45.9 Å². The molecule has 7 nitrogen and oxygen atoms in total. The first kappa shape index (κ1) is 21.8. The van der Waals surface area contributed by atoms with Gasteiger partial charge in [0, 0.05) is 38.0 Å². The number of rotatable bonds is 6. The third kappa shape index (κ3) is 5.46. The third-order valence-electron chi connectivity index (χ3n) is 6.32. The summed E-state index contributed by atoms with van der Waals surface area (Å²) in [7, 11) is 0. The van der Waals surface area contributed by atoms with E-state index in [1.54, 1.807) is 6.07 Å². The Kier molecular flexibility index (Phi) is 6.92. The van der Waals surface area contributed by atoms with Crippen molar-refractivity contribution in [3.63, 3.8) is 0 Å². The number of piperazine rings is 1. The van der Waals surface area contributed by atoms with E-state index >= 15 is 0 Å². The molecule has 1 amide bonds. The van der Waals surface area contributed by atoms with Crippen LogP contribution < -0.4 is 10.2 Å². The molecule has 0 atom stereocenters. The summed E-state index contributed by atoms with van der Waals surface area (Å²) in [6.07, 6.45) is 6.49. The van der Waals surface area contributed by atoms with E-state index in [0.717, 1.165) is 42.7 Å². The van der Waals surface area contributed by atoms with Crippen LogP contribution in [0.2, 0.25) is 5.02 Å². The topological polar surface area (TPSA) is 85.8 Å². The van der Waals surface area contributed by atoms with Crippen LogP contribution in [0.4, 0.5) is 11.5 Å². The van der Waals surface area contributed by atoms with Crippen molar-refractivity contribution in [1.82, 2.24) is 9.88 Å². The SMILES string of the molecule is O=C(O)CN1CCN(c2ccc3c(NC(=O)CC4CCCCC4)c(Cl)ccc3n2)CC1. The summed E-state index contributed by atoms with van der Waals surface area (Å²) in [4.78, 5) is 32.4. The molecule has 1 saturated carbocycles. The number of pyridine rings is 1. The predicted molar refractivity (Wildman–Crippen MR) is 123 cm³/mol. The molecule has 31 heavy (non-hydrogen) atoms. The minimum absolute atomic E-state index is 0.0138. The fourth-order valence-electron chi connectivity index (χ4n) is 4.64. The molecule has 1 aliphatic heterocycles. The maximum atomic E-state index is 12.7. The van der Waals surface area contributed by atoms with Crippen LogP contribution in [0.3, 0.4) is 0 Å². The number of nitrogens with one attached hydrogen (secondary N) is 1.